The first-order valence-electron chi connectivity index (χ1n) is 10.5. The number of aliphatic hydroxyl groups excluding tert-OH is 1. The van der Waals surface area contributed by atoms with Crippen molar-refractivity contribution < 1.29 is 33.6 Å². The van der Waals surface area contributed by atoms with Gasteiger partial charge < -0.3 is 34.1 Å². The van der Waals surface area contributed by atoms with E-state index in [2.05, 4.69) is 11.9 Å². The molecule has 0 unspecified atom stereocenters. The number of ether oxygens (including phenoxy) is 5. The van der Waals surface area contributed by atoms with Crippen LogP contribution in [0.4, 0.5) is 4.79 Å². The van der Waals surface area contributed by atoms with E-state index in [0.717, 1.165) is 11.1 Å². The second-order valence-electron chi connectivity index (χ2n) is 7.56. The molecular weight excluding hydrogens is 414 g/mol. The van der Waals surface area contributed by atoms with Gasteiger partial charge in [-0.15, -0.1) is 6.58 Å². The number of benzene rings is 2. The van der Waals surface area contributed by atoms with Crippen molar-refractivity contribution in [3.05, 3.63) is 84.4 Å². The monoisotopic (exact) mass is 441 g/mol. The Morgan fingerprint density at radius 3 is 2.56 bits per heavy atom. The molecule has 2 aliphatic rings. The van der Waals surface area contributed by atoms with Gasteiger partial charge in [0.2, 0.25) is 0 Å². The van der Waals surface area contributed by atoms with E-state index in [-0.39, 0.29) is 19.8 Å². The summed E-state index contributed by atoms with van der Waals surface area (Å²) in [6, 6.07) is 17.8. The Morgan fingerprint density at radius 2 is 1.84 bits per heavy atom. The van der Waals surface area contributed by atoms with Crippen LogP contribution in [0.25, 0.3) is 0 Å². The van der Waals surface area contributed by atoms with E-state index in [1.807, 2.05) is 60.7 Å². The summed E-state index contributed by atoms with van der Waals surface area (Å²) in [7, 11) is 0. The number of amides is 1. The topological polar surface area (TPSA) is 95.5 Å². The predicted octanol–water partition coefficient (Wildman–Crippen LogP) is 2.68. The highest BCUT2D eigenvalue weighted by Gasteiger charge is 2.50. The summed E-state index contributed by atoms with van der Waals surface area (Å²) >= 11 is 0. The second kappa shape index (κ2) is 10.7. The van der Waals surface area contributed by atoms with Gasteiger partial charge >= 0.3 is 6.09 Å². The molecule has 2 aliphatic heterocycles. The zero-order valence-electron chi connectivity index (χ0n) is 17.5. The Morgan fingerprint density at radius 1 is 1.12 bits per heavy atom. The van der Waals surface area contributed by atoms with Gasteiger partial charge in [0.25, 0.3) is 0 Å². The van der Waals surface area contributed by atoms with Gasteiger partial charge in [0.15, 0.2) is 12.6 Å². The second-order valence-corrected chi connectivity index (χ2v) is 7.56. The first-order valence-corrected chi connectivity index (χ1v) is 10.5. The van der Waals surface area contributed by atoms with Crippen molar-refractivity contribution in [1.29, 1.82) is 0 Å². The van der Waals surface area contributed by atoms with Gasteiger partial charge in [0, 0.05) is 5.56 Å². The molecule has 1 amide bonds. The van der Waals surface area contributed by atoms with Gasteiger partial charge in [-0.1, -0.05) is 66.7 Å². The smallest absolute Gasteiger partial charge is 0.407 e. The molecule has 8 nitrogen and oxygen atoms in total. The Bertz CT molecular complexity index is 878. The lowest BCUT2D eigenvalue weighted by molar-refractivity contribution is -0.342. The zero-order chi connectivity index (χ0) is 22.3. The van der Waals surface area contributed by atoms with Crippen LogP contribution in [0.5, 0.6) is 0 Å². The van der Waals surface area contributed by atoms with Crippen molar-refractivity contribution in [3.63, 3.8) is 0 Å². The van der Waals surface area contributed by atoms with Crippen molar-refractivity contribution >= 4 is 6.09 Å². The molecule has 170 valence electrons. The van der Waals surface area contributed by atoms with Crippen molar-refractivity contribution in [2.45, 2.75) is 43.5 Å². The minimum Gasteiger partial charge on any atom is -0.445 e. The quantitative estimate of drug-likeness (QED) is 0.638. The van der Waals surface area contributed by atoms with Crippen LogP contribution in [0.1, 0.15) is 17.4 Å². The summed E-state index contributed by atoms with van der Waals surface area (Å²) in [5.74, 6) is 0. The lowest BCUT2D eigenvalue weighted by Crippen LogP contribution is -2.66. The number of hydrogen-bond donors (Lipinski definition) is 2. The maximum atomic E-state index is 12.5. The molecule has 0 aromatic heterocycles. The molecule has 0 bridgehead atoms. The van der Waals surface area contributed by atoms with Crippen LogP contribution in [-0.2, 0) is 30.3 Å². The van der Waals surface area contributed by atoms with E-state index >= 15 is 0 Å². The van der Waals surface area contributed by atoms with E-state index in [9.17, 15) is 9.90 Å². The number of fused-ring (bicyclic) bond motifs is 1. The summed E-state index contributed by atoms with van der Waals surface area (Å²) in [6.45, 7) is 4.12. The van der Waals surface area contributed by atoms with Crippen LogP contribution in [0.15, 0.2) is 73.3 Å². The van der Waals surface area contributed by atoms with E-state index < -0.39 is 43.0 Å². The molecular formula is C24H27NO7. The highest BCUT2D eigenvalue weighted by Crippen LogP contribution is 2.34. The van der Waals surface area contributed by atoms with Crippen molar-refractivity contribution in [3.8, 4) is 0 Å². The number of alkyl carbamates (subject to hydrolysis) is 1. The molecule has 2 fully saturated rings. The third-order valence-corrected chi connectivity index (χ3v) is 5.31. The van der Waals surface area contributed by atoms with Crippen LogP contribution >= 0.6 is 0 Å². The lowest BCUT2D eigenvalue weighted by Gasteiger charge is -2.47. The Balaban J connectivity index is 1.43. The maximum absolute atomic E-state index is 12.5. The highest BCUT2D eigenvalue weighted by atomic mass is 16.7. The standard InChI is InChI=1S/C24H27NO7/c1-2-13-28-23-19(25-24(27)30-14-16-9-5-3-6-10-16)20(26)21-18(31-23)15-29-22(32-21)17-11-7-4-8-12-17/h2-12,18-23,26H,1,13-15H2,(H,25,27)/t18-,19-,20-,21-,22-,23+/m1/s1. The predicted molar refractivity (Wildman–Crippen MR) is 114 cm³/mol. The Labute approximate surface area is 186 Å². The van der Waals surface area contributed by atoms with Gasteiger partial charge in [-0.05, 0) is 5.56 Å². The molecule has 2 N–H and O–H groups in total. The van der Waals surface area contributed by atoms with Gasteiger partial charge in [0.05, 0.1) is 13.2 Å². The Hall–Kier alpha value is -2.75. The van der Waals surface area contributed by atoms with Gasteiger partial charge in [-0.25, -0.2) is 4.79 Å². The van der Waals surface area contributed by atoms with Crippen LogP contribution in [0.2, 0.25) is 0 Å². The fraction of sp³-hybridized carbons (Fsp3) is 0.375. The molecule has 0 aliphatic carbocycles. The summed E-state index contributed by atoms with van der Waals surface area (Å²) in [6.07, 6.45) is -3.09. The first-order chi connectivity index (χ1) is 15.7. The number of carbonyl (C=O) groups excluding carboxylic acids is 1. The highest BCUT2D eigenvalue weighted by molar-refractivity contribution is 5.67. The molecule has 0 spiro atoms. The van der Waals surface area contributed by atoms with Crippen LogP contribution in [0.3, 0.4) is 0 Å². The van der Waals surface area contributed by atoms with E-state index in [0.29, 0.717) is 0 Å². The van der Waals surface area contributed by atoms with Crippen molar-refractivity contribution in [1.82, 2.24) is 5.32 Å². The normalized spacial score (nSPS) is 29.5. The van der Waals surface area contributed by atoms with Gasteiger partial charge in [-0.2, -0.15) is 0 Å². The number of carbonyl (C=O) groups is 1. The van der Waals surface area contributed by atoms with Crippen molar-refractivity contribution in [2.75, 3.05) is 13.2 Å². The average Bonchev–Trinajstić information content (AvgIpc) is 2.84. The zero-order valence-corrected chi connectivity index (χ0v) is 17.5. The molecule has 0 radical (unpaired) electrons. The minimum atomic E-state index is -1.11. The van der Waals surface area contributed by atoms with Crippen LogP contribution in [0, 0.1) is 0 Å². The van der Waals surface area contributed by atoms with E-state index in [1.54, 1.807) is 6.08 Å². The van der Waals surface area contributed by atoms with Gasteiger partial charge in [-0.3, -0.25) is 0 Å². The lowest BCUT2D eigenvalue weighted by atomic mass is 9.96. The molecule has 2 aromatic rings. The maximum Gasteiger partial charge on any atom is 0.407 e. The average molecular weight is 441 g/mol. The molecule has 32 heavy (non-hydrogen) atoms. The SMILES string of the molecule is C=CCO[C@H]1O[C@@H]2CO[C@@H](c3ccccc3)O[C@H]2[C@H](O)[C@H]1NC(=O)OCc1ccccc1. The van der Waals surface area contributed by atoms with Crippen LogP contribution in [-0.4, -0.2) is 55.1 Å². The minimum absolute atomic E-state index is 0.0982. The summed E-state index contributed by atoms with van der Waals surface area (Å²) in [4.78, 5) is 12.5. The first kappa shape index (κ1) is 22.4. The Kier molecular flexibility index (Phi) is 7.51. The summed E-state index contributed by atoms with van der Waals surface area (Å²) < 4.78 is 28.7. The molecule has 4 rings (SSSR count). The van der Waals surface area contributed by atoms with Crippen LogP contribution < -0.4 is 5.32 Å². The molecule has 2 aromatic carbocycles. The van der Waals surface area contributed by atoms with Gasteiger partial charge in [0.1, 0.15) is 31.0 Å². The number of rotatable bonds is 7. The van der Waals surface area contributed by atoms with Crippen molar-refractivity contribution in [2.24, 2.45) is 0 Å². The molecule has 2 saturated heterocycles. The molecule has 8 heteroatoms. The molecule has 2 heterocycles. The van der Waals surface area contributed by atoms with E-state index in [1.165, 1.54) is 0 Å². The summed E-state index contributed by atoms with van der Waals surface area (Å²) in [5, 5.41) is 13.8. The fourth-order valence-electron chi connectivity index (χ4n) is 3.73. The number of hydrogen-bond acceptors (Lipinski definition) is 7. The fourth-order valence-corrected chi connectivity index (χ4v) is 3.73. The molecule has 0 saturated carbocycles. The molecule has 6 atom stereocenters. The third kappa shape index (κ3) is 5.35. The third-order valence-electron chi connectivity index (χ3n) is 5.31. The largest absolute Gasteiger partial charge is 0.445 e. The summed E-state index contributed by atoms with van der Waals surface area (Å²) in [5.41, 5.74) is 1.68. The number of aliphatic hydroxyl groups is 1. The number of nitrogens with one attached hydrogen (secondary N) is 1. The van der Waals surface area contributed by atoms with E-state index in [4.69, 9.17) is 23.7 Å².